The molecule has 0 heterocycles. The molecule has 0 saturated heterocycles. The quantitative estimate of drug-likeness (QED) is 0.694. The van der Waals surface area contributed by atoms with Crippen LogP contribution in [0.4, 0.5) is 0 Å². The molecule has 5 nitrogen and oxygen atoms in total. The van der Waals surface area contributed by atoms with Gasteiger partial charge >= 0.3 is 0 Å². The number of nitrogens with one attached hydrogen (secondary N) is 1. The Hall–Kier alpha value is -2.53. The average Bonchev–Trinajstić information content (AvgIpc) is 2.64. The zero-order valence-electron chi connectivity index (χ0n) is 13.8. The van der Waals surface area contributed by atoms with Crippen molar-refractivity contribution in [1.82, 2.24) is 5.32 Å². The fraction of sp³-hybridized carbons (Fsp3) is 0.316. The molecule has 2 aromatic rings. The molecule has 0 saturated carbocycles. The molecule has 0 aromatic heterocycles. The monoisotopic (exact) mass is 329 g/mol. The first-order valence-electron chi connectivity index (χ1n) is 7.95. The van der Waals surface area contributed by atoms with Gasteiger partial charge in [0.15, 0.2) is 0 Å². The van der Waals surface area contributed by atoms with E-state index in [4.69, 9.17) is 9.47 Å². The van der Waals surface area contributed by atoms with E-state index < -0.39 is 6.10 Å². The van der Waals surface area contributed by atoms with Gasteiger partial charge in [0.1, 0.15) is 11.5 Å². The summed E-state index contributed by atoms with van der Waals surface area (Å²) in [6, 6.07) is 16.6. The van der Waals surface area contributed by atoms with Crippen molar-refractivity contribution in [2.24, 2.45) is 0 Å². The van der Waals surface area contributed by atoms with Crippen molar-refractivity contribution in [3.05, 3.63) is 60.2 Å². The zero-order valence-corrected chi connectivity index (χ0v) is 13.8. The first-order chi connectivity index (χ1) is 11.7. The highest BCUT2D eigenvalue weighted by Gasteiger charge is 2.09. The maximum absolute atomic E-state index is 11.8. The van der Waals surface area contributed by atoms with Crippen LogP contribution in [-0.4, -0.2) is 31.3 Å². The predicted octanol–water partition coefficient (Wildman–Crippen LogP) is 2.70. The van der Waals surface area contributed by atoms with Crippen LogP contribution < -0.4 is 14.8 Å². The Labute approximate surface area is 142 Å². The number of carbonyl (C=O) groups excluding carboxylic acids is 1. The van der Waals surface area contributed by atoms with E-state index in [0.29, 0.717) is 19.4 Å². The van der Waals surface area contributed by atoms with E-state index in [0.717, 1.165) is 17.1 Å². The standard InChI is InChI=1S/C19H23NO4/c1-23-16-11-9-15(10-12-16)18(21)14-20-19(22)8-5-13-24-17-6-3-2-4-7-17/h2-4,6-7,9-12,18,21H,5,8,13-14H2,1H3,(H,20,22). The lowest BCUT2D eigenvalue weighted by Gasteiger charge is -2.13. The van der Waals surface area contributed by atoms with Gasteiger partial charge in [0.25, 0.3) is 0 Å². The minimum atomic E-state index is -0.736. The molecule has 2 aromatic carbocycles. The third kappa shape index (κ3) is 5.93. The minimum Gasteiger partial charge on any atom is -0.497 e. The molecule has 1 unspecified atom stereocenters. The van der Waals surface area contributed by atoms with Crippen LogP contribution >= 0.6 is 0 Å². The molecule has 0 radical (unpaired) electrons. The minimum absolute atomic E-state index is 0.0979. The summed E-state index contributed by atoms with van der Waals surface area (Å²) in [5, 5.41) is 12.8. The molecule has 2 rings (SSSR count). The van der Waals surface area contributed by atoms with Crippen LogP contribution in [0.25, 0.3) is 0 Å². The van der Waals surface area contributed by atoms with Crippen LogP contribution in [0, 0.1) is 0 Å². The van der Waals surface area contributed by atoms with Gasteiger partial charge in [-0.05, 0) is 36.2 Å². The fourth-order valence-electron chi connectivity index (χ4n) is 2.18. The van der Waals surface area contributed by atoms with Gasteiger partial charge in [-0.25, -0.2) is 0 Å². The largest absolute Gasteiger partial charge is 0.497 e. The summed E-state index contributed by atoms with van der Waals surface area (Å²) in [5.74, 6) is 1.43. The third-order valence-electron chi connectivity index (χ3n) is 3.55. The first kappa shape index (κ1) is 17.8. The lowest BCUT2D eigenvalue weighted by molar-refractivity contribution is -0.121. The number of hydrogen-bond donors (Lipinski definition) is 2. The smallest absolute Gasteiger partial charge is 0.220 e. The molecule has 0 aliphatic carbocycles. The Balaban J connectivity index is 1.63. The maximum atomic E-state index is 11.8. The van der Waals surface area contributed by atoms with Crippen LogP contribution in [0.2, 0.25) is 0 Å². The van der Waals surface area contributed by atoms with Crippen LogP contribution in [0.5, 0.6) is 11.5 Å². The Morgan fingerprint density at radius 1 is 1.08 bits per heavy atom. The normalized spacial score (nSPS) is 11.6. The van der Waals surface area contributed by atoms with Crippen molar-refractivity contribution in [3.8, 4) is 11.5 Å². The molecule has 2 N–H and O–H groups in total. The first-order valence-corrected chi connectivity index (χ1v) is 7.95. The Morgan fingerprint density at radius 2 is 1.79 bits per heavy atom. The summed E-state index contributed by atoms with van der Waals surface area (Å²) in [5.41, 5.74) is 0.739. The molecule has 1 amide bonds. The van der Waals surface area contributed by atoms with E-state index in [2.05, 4.69) is 5.32 Å². The van der Waals surface area contributed by atoms with E-state index in [9.17, 15) is 9.90 Å². The van der Waals surface area contributed by atoms with Crippen molar-refractivity contribution in [2.75, 3.05) is 20.3 Å². The summed E-state index contributed by atoms with van der Waals surface area (Å²) in [4.78, 5) is 11.8. The molecule has 0 spiro atoms. The molecule has 5 heteroatoms. The highest BCUT2D eigenvalue weighted by atomic mass is 16.5. The molecule has 128 valence electrons. The second-order valence-corrected chi connectivity index (χ2v) is 5.36. The van der Waals surface area contributed by atoms with E-state index in [1.807, 2.05) is 30.3 Å². The van der Waals surface area contributed by atoms with E-state index in [1.165, 1.54) is 0 Å². The Morgan fingerprint density at radius 3 is 2.46 bits per heavy atom. The number of para-hydroxylation sites is 1. The van der Waals surface area contributed by atoms with Gasteiger partial charge in [0, 0.05) is 13.0 Å². The SMILES string of the molecule is COc1ccc(C(O)CNC(=O)CCCOc2ccccc2)cc1. The summed E-state index contributed by atoms with van der Waals surface area (Å²) in [6.07, 6.45) is 0.252. The molecule has 24 heavy (non-hydrogen) atoms. The maximum Gasteiger partial charge on any atom is 0.220 e. The number of carbonyl (C=O) groups is 1. The molecule has 0 aliphatic heterocycles. The van der Waals surface area contributed by atoms with Crippen molar-refractivity contribution in [2.45, 2.75) is 18.9 Å². The summed E-state index contributed by atoms with van der Waals surface area (Å²) < 4.78 is 10.6. The summed E-state index contributed by atoms with van der Waals surface area (Å²) in [7, 11) is 1.59. The molecule has 0 fully saturated rings. The number of hydrogen-bond acceptors (Lipinski definition) is 4. The highest BCUT2D eigenvalue weighted by Crippen LogP contribution is 2.17. The number of ether oxygens (including phenoxy) is 2. The lowest BCUT2D eigenvalue weighted by atomic mass is 10.1. The number of benzene rings is 2. The molecule has 0 bridgehead atoms. The molecule has 0 aliphatic rings. The fourth-order valence-corrected chi connectivity index (χ4v) is 2.18. The number of rotatable bonds is 9. The van der Waals surface area contributed by atoms with Gasteiger partial charge in [-0.2, -0.15) is 0 Å². The van der Waals surface area contributed by atoms with Crippen LogP contribution in [0.15, 0.2) is 54.6 Å². The van der Waals surface area contributed by atoms with Crippen molar-refractivity contribution in [1.29, 1.82) is 0 Å². The van der Waals surface area contributed by atoms with Crippen LogP contribution in [0.1, 0.15) is 24.5 Å². The summed E-state index contributed by atoms with van der Waals surface area (Å²) >= 11 is 0. The van der Waals surface area contributed by atoms with Gasteiger partial charge < -0.3 is 19.9 Å². The van der Waals surface area contributed by atoms with Crippen molar-refractivity contribution >= 4 is 5.91 Å². The average molecular weight is 329 g/mol. The van der Waals surface area contributed by atoms with Crippen molar-refractivity contribution in [3.63, 3.8) is 0 Å². The second-order valence-electron chi connectivity index (χ2n) is 5.36. The highest BCUT2D eigenvalue weighted by molar-refractivity contribution is 5.75. The Kier molecular flexibility index (Phi) is 7.11. The number of aliphatic hydroxyl groups excluding tert-OH is 1. The van der Waals surface area contributed by atoms with Gasteiger partial charge in [-0.3, -0.25) is 4.79 Å². The number of aliphatic hydroxyl groups is 1. The second kappa shape index (κ2) is 9.57. The predicted molar refractivity (Wildman–Crippen MR) is 92.1 cm³/mol. The van der Waals surface area contributed by atoms with Gasteiger partial charge in [-0.15, -0.1) is 0 Å². The van der Waals surface area contributed by atoms with E-state index >= 15 is 0 Å². The lowest BCUT2D eigenvalue weighted by Crippen LogP contribution is -2.28. The van der Waals surface area contributed by atoms with Gasteiger partial charge in [0.2, 0.25) is 5.91 Å². The molecule has 1 atom stereocenters. The molecular formula is C19H23NO4. The van der Waals surface area contributed by atoms with E-state index in [-0.39, 0.29) is 12.5 Å². The summed E-state index contributed by atoms with van der Waals surface area (Å²) in [6.45, 7) is 0.670. The van der Waals surface area contributed by atoms with Crippen molar-refractivity contribution < 1.29 is 19.4 Å². The van der Waals surface area contributed by atoms with Crippen LogP contribution in [0.3, 0.4) is 0 Å². The Bertz CT molecular complexity index is 613. The molecular weight excluding hydrogens is 306 g/mol. The van der Waals surface area contributed by atoms with Crippen LogP contribution in [-0.2, 0) is 4.79 Å². The zero-order chi connectivity index (χ0) is 17.2. The van der Waals surface area contributed by atoms with E-state index in [1.54, 1.807) is 31.4 Å². The van der Waals surface area contributed by atoms with Gasteiger partial charge in [-0.1, -0.05) is 30.3 Å². The number of amides is 1. The topological polar surface area (TPSA) is 67.8 Å². The third-order valence-corrected chi connectivity index (χ3v) is 3.55. The van der Waals surface area contributed by atoms with Gasteiger partial charge in [0.05, 0.1) is 19.8 Å². The number of methoxy groups -OCH3 is 1.